The molecule has 2 rings (SSSR count). The molecule has 0 aliphatic rings. The molecule has 0 spiro atoms. The molecular formula is C14H15N4O2+. The Labute approximate surface area is 116 Å². The van der Waals surface area contributed by atoms with Crippen LogP contribution in [0.25, 0.3) is 0 Å². The second-order valence-corrected chi connectivity index (χ2v) is 4.48. The molecule has 0 saturated carbocycles. The number of nitrogens with two attached hydrogens (primary N) is 1. The summed E-state index contributed by atoms with van der Waals surface area (Å²) in [5.41, 5.74) is 9.90. The van der Waals surface area contributed by atoms with Crippen LogP contribution in [0.2, 0.25) is 0 Å². The van der Waals surface area contributed by atoms with Gasteiger partial charge >= 0.3 is 5.69 Å². The molecule has 102 valence electrons. The summed E-state index contributed by atoms with van der Waals surface area (Å²) in [6, 6.07) is 9.84. The Kier molecular flexibility index (Phi) is 3.74. The minimum atomic E-state index is -0.200. The first-order chi connectivity index (χ1) is 9.47. The maximum absolute atomic E-state index is 10.7. The lowest BCUT2D eigenvalue weighted by atomic mass is 10.1. The second kappa shape index (κ2) is 5.48. The van der Waals surface area contributed by atoms with Crippen LogP contribution >= 0.6 is 0 Å². The number of nitrogens with zero attached hydrogens (tertiary/aromatic N) is 3. The quantitative estimate of drug-likeness (QED) is 0.500. The lowest BCUT2D eigenvalue weighted by Crippen LogP contribution is -1.90. The van der Waals surface area contributed by atoms with Crippen molar-refractivity contribution in [1.29, 1.82) is 0 Å². The molecule has 0 radical (unpaired) electrons. The number of hydrogen-bond donors (Lipinski definition) is 2. The second-order valence-electron chi connectivity index (χ2n) is 4.48. The van der Waals surface area contributed by atoms with Gasteiger partial charge in [-0.3, -0.25) is 0 Å². The summed E-state index contributed by atoms with van der Waals surface area (Å²) >= 11 is 0. The third-order valence-corrected chi connectivity index (χ3v) is 2.93. The molecule has 20 heavy (non-hydrogen) atoms. The van der Waals surface area contributed by atoms with Crippen LogP contribution in [-0.2, 0) is 0 Å². The van der Waals surface area contributed by atoms with E-state index in [-0.39, 0.29) is 10.6 Å². The van der Waals surface area contributed by atoms with Crippen LogP contribution in [0.1, 0.15) is 11.1 Å². The van der Waals surface area contributed by atoms with Crippen molar-refractivity contribution < 1.29 is 10.1 Å². The molecule has 0 saturated heterocycles. The highest BCUT2D eigenvalue weighted by Gasteiger charge is 2.09. The average Bonchev–Trinajstić information content (AvgIpc) is 2.42. The van der Waals surface area contributed by atoms with Gasteiger partial charge in [0.15, 0.2) is 0 Å². The smallest absolute Gasteiger partial charge is 0.316 e. The molecule has 3 N–H and O–H groups in total. The van der Waals surface area contributed by atoms with Gasteiger partial charge in [0, 0.05) is 17.8 Å². The van der Waals surface area contributed by atoms with Crippen LogP contribution in [0.3, 0.4) is 0 Å². The van der Waals surface area contributed by atoms with Gasteiger partial charge in [0.25, 0.3) is 4.92 Å². The lowest BCUT2D eigenvalue weighted by molar-refractivity contribution is -0.729. The highest BCUT2D eigenvalue weighted by Crippen LogP contribution is 2.27. The highest BCUT2D eigenvalue weighted by molar-refractivity contribution is 5.59. The molecule has 6 nitrogen and oxygen atoms in total. The largest absolute Gasteiger partial charge is 0.399 e. The summed E-state index contributed by atoms with van der Waals surface area (Å²) in [7, 11) is 0. The van der Waals surface area contributed by atoms with E-state index in [0.717, 1.165) is 22.5 Å². The molecule has 0 bridgehead atoms. The van der Waals surface area contributed by atoms with Crippen LogP contribution in [0.15, 0.2) is 46.6 Å². The molecule has 0 unspecified atom stereocenters. The number of benzene rings is 2. The van der Waals surface area contributed by atoms with Gasteiger partial charge in [0.2, 0.25) is 0 Å². The van der Waals surface area contributed by atoms with Gasteiger partial charge in [0.1, 0.15) is 0 Å². The number of azo groups is 1. The topological polar surface area (TPSA) is 91.0 Å². The van der Waals surface area contributed by atoms with Gasteiger partial charge in [-0.1, -0.05) is 0 Å². The van der Waals surface area contributed by atoms with E-state index in [1.54, 1.807) is 12.1 Å². The summed E-state index contributed by atoms with van der Waals surface area (Å²) in [4.78, 5) is 10.5. The number of rotatable bonds is 3. The monoisotopic (exact) mass is 271 g/mol. The molecule has 2 aromatic rings. The van der Waals surface area contributed by atoms with E-state index < -0.39 is 0 Å². The summed E-state index contributed by atoms with van der Waals surface area (Å²) in [5, 5.41) is 17.0. The molecule has 2 aromatic carbocycles. The van der Waals surface area contributed by atoms with Gasteiger partial charge in [-0.25, -0.2) is 5.21 Å². The number of nitrogen functional groups attached to an aromatic ring is 1. The zero-order valence-corrected chi connectivity index (χ0v) is 11.2. The van der Waals surface area contributed by atoms with Gasteiger partial charge < -0.3 is 5.73 Å². The minimum Gasteiger partial charge on any atom is -0.399 e. The molecular weight excluding hydrogens is 256 g/mol. The van der Waals surface area contributed by atoms with E-state index in [4.69, 9.17) is 10.9 Å². The van der Waals surface area contributed by atoms with Crippen molar-refractivity contribution in [1.82, 2.24) is 0 Å². The Morgan fingerprint density at radius 2 is 1.70 bits per heavy atom. The first kappa shape index (κ1) is 13.7. The Bertz CT molecular complexity index is 678. The van der Waals surface area contributed by atoms with E-state index in [2.05, 4.69) is 10.2 Å². The van der Waals surface area contributed by atoms with Crippen LogP contribution < -0.4 is 5.73 Å². The average molecular weight is 271 g/mol. The number of anilines is 1. The molecule has 6 heteroatoms. The molecule has 0 aliphatic heterocycles. The van der Waals surface area contributed by atoms with E-state index in [1.807, 2.05) is 26.0 Å². The first-order valence-electron chi connectivity index (χ1n) is 6.02. The SMILES string of the molecule is Cc1cc(/N=N/c2ccc([N+](=O)O)cc2)c(C)cc1N. The Morgan fingerprint density at radius 3 is 2.30 bits per heavy atom. The van der Waals surface area contributed by atoms with E-state index in [1.165, 1.54) is 12.1 Å². The molecule has 0 atom stereocenters. The van der Waals surface area contributed by atoms with Crippen LogP contribution in [0.5, 0.6) is 0 Å². The van der Waals surface area contributed by atoms with Crippen LogP contribution in [0, 0.1) is 18.8 Å². The number of aryl methyl sites for hydroxylation is 2. The predicted molar refractivity (Wildman–Crippen MR) is 76.0 cm³/mol. The molecule has 0 heterocycles. The van der Waals surface area contributed by atoms with E-state index >= 15 is 0 Å². The summed E-state index contributed by atoms with van der Waals surface area (Å²) in [6.45, 7) is 3.82. The third kappa shape index (κ3) is 2.97. The molecule has 0 fully saturated rings. The predicted octanol–water partition coefficient (Wildman–Crippen LogP) is 4.10. The van der Waals surface area contributed by atoms with Crippen LogP contribution in [-0.4, -0.2) is 10.1 Å². The summed E-state index contributed by atoms with van der Waals surface area (Å²) in [5.74, 6) is 0. The summed E-state index contributed by atoms with van der Waals surface area (Å²) < 4.78 is 0. The first-order valence-corrected chi connectivity index (χ1v) is 6.02. The summed E-state index contributed by atoms with van der Waals surface area (Å²) in [6.07, 6.45) is 0. The maximum atomic E-state index is 10.7. The van der Waals surface area contributed by atoms with Crippen molar-refractivity contribution in [2.75, 3.05) is 5.73 Å². The van der Waals surface area contributed by atoms with Crippen molar-refractivity contribution in [2.24, 2.45) is 10.2 Å². The molecule has 0 aliphatic carbocycles. The van der Waals surface area contributed by atoms with Crippen molar-refractivity contribution in [3.05, 3.63) is 52.4 Å². The maximum Gasteiger partial charge on any atom is 0.316 e. The van der Waals surface area contributed by atoms with Crippen molar-refractivity contribution in [3.8, 4) is 0 Å². The molecule has 0 aromatic heterocycles. The zero-order valence-electron chi connectivity index (χ0n) is 11.2. The Hall–Kier alpha value is -2.76. The Morgan fingerprint density at radius 1 is 1.05 bits per heavy atom. The fourth-order valence-electron chi connectivity index (χ4n) is 1.69. The highest BCUT2D eigenvalue weighted by atomic mass is 16.6. The van der Waals surface area contributed by atoms with Gasteiger partial charge in [0.05, 0.1) is 16.3 Å². The van der Waals surface area contributed by atoms with Crippen molar-refractivity contribution in [2.45, 2.75) is 13.8 Å². The van der Waals surface area contributed by atoms with Crippen LogP contribution in [0.4, 0.5) is 22.7 Å². The van der Waals surface area contributed by atoms with E-state index in [9.17, 15) is 4.91 Å². The minimum absolute atomic E-state index is 0.142. The van der Waals surface area contributed by atoms with E-state index in [0.29, 0.717) is 5.69 Å². The fourth-order valence-corrected chi connectivity index (χ4v) is 1.69. The molecule has 0 amide bonds. The number of hydrogen-bond acceptors (Lipinski definition) is 4. The normalized spacial score (nSPS) is 10.9. The standard InChI is InChI=1S/C14H15N4O2/c1-9-8-14(10(2)7-13(9)15)17-16-11-3-5-12(6-4-11)18(19)20/h3-8H,15H2,1-2H3,(H,19,20)/q+1/b17-16+. The third-order valence-electron chi connectivity index (χ3n) is 2.93. The Balaban J connectivity index is 2.25. The van der Waals surface area contributed by atoms with Gasteiger partial charge in [-0.05, 0) is 49.2 Å². The zero-order chi connectivity index (χ0) is 14.7. The van der Waals surface area contributed by atoms with Crippen molar-refractivity contribution >= 4 is 22.7 Å². The van der Waals surface area contributed by atoms with Crippen molar-refractivity contribution in [3.63, 3.8) is 0 Å². The van der Waals surface area contributed by atoms with Gasteiger partial charge in [-0.15, -0.1) is 0 Å². The lowest BCUT2D eigenvalue weighted by Gasteiger charge is -2.04. The van der Waals surface area contributed by atoms with Gasteiger partial charge in [-0.2, -0.15) is 10.2 Å². The fraction of sp³-hybridized carbons (Fsp3) is 0.143.